The summed E-state index contributed by atoms with van der Waals surface area (Å²) in [6.45, 7) is 6.09. The number of rotatable bonds is 3. The third kappa shape index (κ3) is 3.07. The normalized spacial score (nSPS) is 18.0. The Hall–Kier alpha value is -2.18. The lowest BCUT2D eigenvalue weighted by Crippen LogP contribution is -2.36. The van der Waals surface area contributed by atoms with Gasteiger partial charge in [0.25, 0.3) is 0 Å². The first kappa shape index (κ1) is 15.4. The quantitative estimate of drug-likeness (QED) is 0.861. The van der Waals surface area contributed by atoms with Crippen molar-refractivity contribution in [2.75, 3.05) is 42.8 Å². The highest BCUT2D eigenvalue weighted by Gasteiger charge is 2.19. The van der Waals surface area contributed by atoms with Crippen LogP contribution in [0, 0.1) is 6.92 Å². The van der Waals surface area contributed by atoms with E-state index in [2.05, 4.69) is 41.1 Å². The standard InChI is InChI=1S/C18H20N4OS/c1-14-17(24-18(20-14)21-9-11-23-12-10-21)16-7-8-22(13-19-16)15-5-3-2-4-6-15/h2-8H,9-13H2,1H3. The number of aryl methyl sites for hydroxylation is 1. The van der Waals surface area contributed by atoms with Gasteiger partial charge in [0.05, 0.1) is 29.5 Å². The van der Waals surface area contributed by atoms with Gasteiger partial charge in [0.2, 0.25) is 0 Å². The molecule has 0 radical (unpaired) electrons. The van der Waals surface area contributed by atoms with Gasteiger partial charge in [0, 0.05) is 25.0 Å². The van der Waals surface area contributed by atoms with Gasteiger partial charge in [-0.1, -0.05) is 29.5 Å². The first-order valence-corrected chi connectivity index (χ1v) is 8.98. The van der Waals surface area contributed by atoms with Gasteiger partial charge in [-0.25, -0.2) is 4.98 Å². The van der Waals surface area contributed by atoms with E-state index >= 15 is 0 Å². The minimum absolute atomic E-state index is 0.639. The summed E-state index contributed by atoms with van der Waals surface area (Å²) in [5.41, 5.74) is 3.24. The number of hydrogen-bond acceptors (Lipinski definition) is 6. The summed E-state index contributed by atoms with van der Waals surface area (Å²) < 4.78 is 5.42. The third-order valence-electron chi connectivity index (χ3n) is 4.19. The number of aromatic nitrogens is 1. The fraction of sp³-hybridized carbons (Fsp3) is 0.333. The van der Waals surface area contributed by atoms with Gasteiger partial charge in [-0.3, -0.25) is 4.99 Å². The Morgan fingerprint density at radius 1 is 1.12 bits per heavy atom. The molecule has 2 aromatic rings. The second-order valence-corrected chi connectivity index (χ2v) is 6.79. The minimum atomic E-state index is 0.639. The number of aliphatic imine (C=N–C) groups is 1. The number of hydrogen-bond donors (Lipinski definition) is 0. The van der Waals surface area contributed by atoms with Gasteiger partial charge in [-0.05, 0) is 25.1 Å². The summed E-state index contributed by atoms with van der Waals surface area (Å²) in [5.74, 6) is 0. The van der Waals surface area contributed by atoms with E-state index < -0.39 is 0 Å². The average Bonchev–Trinajstić information content (AvgIpc) is 3.05. The molecule has 0 amide bonds. The van der Waals surface area contributed by atoms with Crippen molar-refractivity contribution in [3.63, 3.8) is 0 Å². The van der Waals surface area contributed by atoms with Crippen LogP contribution < -0.4 is 9.80 Å². The van der Waals surface area contributed by atoms with Crippen molar-refractivity contribution in [1.29, 1.82) is 0 Å². The SMILES string of the molecule is Cc1nc(N2CCOCC2)sc1C1=NCN(c2ccccc2)C=C1. The maximum Gasteiger partial charge on any atom is 0.186 e. The second kappa shape index (κ2) is 6.75. The van der Waals surface area contributed by atoms with E-state index in [1.807, 2.05) is 18.2 Å². The van der Waals surface area contributed by atoms with E-state index in [1.165, 1.54) is 4.88 Å². The zero-order chi connectivity index (χ0) is 16.4. The van der Waals surface area contributed by atoms with Crippen molar-refractivity contribution >= 4 is 27.9 Å². The Morgan fingerprint density at radius 3 is 2.62 bits per heavy atom. The molecule has 1 aromatic carbocycles. The van der Waals surface area contributed by atoms with Gasteiger partial charge in [0.1, 0.15) is 6.67 Å². The molecule has 24 heavy (non-hydrogen) atoms. The van der Waals surface area contributed by atoms with Crippen molar-refractivity contribution in [1.82, 2.24) is 4.98 Å². The predicted octanol–water partition coefficient (Wildman–Crippen LogP) is 3.07. The number of thiazole rings is 1. The summed E-state index contributed by atoms with van der Waals surface area (Å²) in [6.07, 6.45) is 4.19. The summed E-state index contributed by atoms with van der Waals surface area (Å²) in [6, 6.07) is 10.3. The molecule has 0 aliphatic carbocycles. The number of nitrogens with zero attached hydrogens (tertiary/aromatic N) is 4. The molecule has 0 saturated carbocycles. The van der Waals surface area contributed by atoms with Crippen molar-refractivity contribution in [3.8, 4) is 0 Å². The Labute approximate surface area is 145 Å². The molecule has 1 saturated heterocycles. The van der Waals surface area contributed by atoms with Crippen LogP contribution in [0.3, 0.4) is 0 Å². The van der Waals surface area contributed by atoms with E-state index in [0.29, 0.717) is 6.67 Å². The van der Waals surface area contributed by atoms with E-state index in [0.717, 1.165) is 48.5 Å². The number of anilines is 2. The molecule has 0 spiro atoms. The molecule has 0 atom stereocenters. The lowest BCUT2D eigenvalue weighted by molar-refractivity contribution is 0.122. The van der Waals surface area contributed by atoms with Crippen LogP contribution in [0.2, 0.25) is 0 Å². The van der Waals surface area contributed by atoms with Crippen LogP contribution in [0.5, 0.6) is 0 Å². The van der Waals surface area contributed by atoms with E-state index in [9.17, 15) is 0 Å². The lowest BCUT2D eigenvalue weighted by atomic mass is 10.2. The summed E-state index contributed by atoms with van der Waals surface area (Å²) in [5, 5.41) is 1.08. The molecule has 0 bridgehead atoms. The topological polar surface area (TPSA) is 41.0 Å². The van der Waals surface area contributed by atoms with E-state index in [1.54, 1.807) is 11.3 Å². The van der Waals surface area contributed by atoms with Crippen LogP contribution in [0.1, 0.15) is 10.6 Å². The lowest BCUT2D eigenvalue weighted by Gasteiger charge is -2.26. The highest BCUT2D eigenvalue weighted by molar-refractivity contribution is 7.17. The van der Waals surface area contributed by atoms with Gasteiger partial charge in [-0.15, -0.1) is 0 Å². The molecule has 0 N–H and O–H groups in total. The Balaban J connectivity index is 1.52. The summed E-state index contributed by atoms with van der Waals surface area (Å²) >= 11 is 1.73. The fourth-order valence-electron chi connectivity index (χ4n) is 2.86. The van der Waals surface area contributed by atoms with E-state index in [-0.39, 0.29) is 0 Å². The second-order valence-electron chi connectivity index (χ2n) is 5.82. The maximum atomic E-state index is 5.42. The number of para-hydroxylation sites is 1. The molecule has 2 aliphatic rings. The fourth-order valence-corrected chi connectivity index (χ4v) is 3.96. The van der Waals surface area contributed by atoms with Gasteiger partial charge >= 0.3 is 0 Å². The molecule has 3 heterocycles. The van der Waals surface area contributed by atoms with Crippen LogP contribution in [0.25, 0.3) is 0 Å². The molecule has 2 aliphatic heterocycles. The monoisotopic (exact) mass is 340 g/mol. The number of benzene rings is 1. The third-order valence-corrected chi connectivity index (χ3v) is 5.43. The number of ether oxygens (including phenoxy) is 1. The smallest absolute Gasteiger partial charge is 0.186 e. The van der Waals surface area contributed by atoms with Crippen molar-refractivity contribution in [3.05, 3.63) is 53.2 Å². The average molecular weight is 340 g/mol. The first-order valence-electron chi connectivity index (χ1n) is 8.16. The Kier molecular flexibility index (Phi) is 4.32. The molecule has 1 aromatic heterocycles. The van der Waals surface area contributed by atoms with Crippen LogP contribution in [0.4, 0.5) is 10.8 Å². The zero-order valence-electron chi connectivity index (χ0n) is 13.7. The molecule has 5 nitrogen and oxygen atoms in total. The summed E-state index contributed by atoms with van der Waals surface area (Å²) in [7, 11) is 0. The molecule has 6 heteroatoms. The van der Waals surface area contributed by atoms with Gasteiger partial charge in [-0.2, -0.15) is 0 Å². The highest BCUT2D eigenvalue weighted by atomic mass is 32.1. The summed E-state index contributed by atoms with van der Waals surface area (Å²) in [4.78, 5) is 15.1. The van der Waals surface area contributed by atoms with E-state index in [4.69, 9.17) is 14.7 Å². The molecule has 0 unspecified atom stereocenters. The first-order chi connectivity index (χ1) is 11.8. The zero-order valence-corrected chi connectivity index (χ0v) is 14.5. The van der Waals surface area contributed by atoms with Crippen molar-refractivity contribution in [2.24, 2.45) is 4.99 Å². The molecule has 124 valence electrons. The van der Waals surface area contributed by atoms with Gasteiger partial charge in [0.15, 0.2) is 5.13 Å². The maximum absolute atomic E-state index is 5.42. The Morgan fingerprint density at radius 2 is 1.92 bits per heavy atom. The molecule has 1 fully saturated rings. The molecular formula is C18H20N4OS. The largest absolute Gasteiger partial charge is 0.378 e. The van der Waals surface area contributed by atoms with Crippen molar-refractivity contribution in [2.45, 2.75) is 6.92 Å². The highest BCUT2D eigenvalue weighted by Crippen LogP contribution is 2.29. The van der Waals surface area contributed by atoms with Crippen molar-refractivity contribution < 1.29 is 4.74 Å². The minimum Gasteiger partial charge on any atom is -0.378 e. The molecule has 4 rings (SSSR count). The van der Waals surface area contributed by atoms with Crippen LogP contribution in [0.15, 0.2) is 47.6 Å². The number of allylic oxidation sites excluding steroid dienone is 1. The van der Waals surface area contributed by atoms with Crippen LogP contribution in [-0.4, -0.2) is 43.7 Å². The van der Waals surface area contributed by atoms with Crippen LogP contribution in [-0.2, 0) is 4.74 Å². The predicted molar refractivity (Wildman–Crippen MR) is 99.3 cm³/mol. The Bertz CT molecular complexity index is 763. The molecular weight excluding hydrogens is 320 g/mol. The van der Waals surface area contributed by atoms with Gasteiger partial charge < -0.3 is 14.5 Å². The van der Waals surface area contributed by atoms with Crippen LogP contribution >= 0.6 is 11.3 Å². The number of morpholine rings is 1.